The molecule has 0 heterocycles. The molecule has 0 aliphatic carbocycles. The van der Waals surface area contributed by atoms with Crippen molar-refractivity contribution in [1.82, 2.24) is 5.32 Å². The molecule has 0 unspecified atom stereocenters. The molecular weight excluding hydrogens is 335 g/mol. The van der Waals surface area contributed by atoms with Crippen LogP contribution in [0.3, 0.4) is 0 Å². The predicted molar refractivity (Wildman–Crippen MR) is 93.8 cm³/mol. The number of aryl methyl sites for hydroxylation is 1. The highest BCUT2D eigenvalue weighted by Crippen LogP contribution is 2.22. The van der Waals surface area contributed by atoms with Gasteiger partial charge in [-0.25, -0.2) is 0 Å². The van der Waals surface area contributed by atoms with Crippen LogP contribution < -0.4 is 11.1 Å². The summed E-state index contributed by atoms with van der Waals surface area (Å²) >= 11 is 0. The summed E-state index contributed by atoms with van der Waals surface area (Å²) in [6, 6.07) is 8.25. The Hall–Kier alpha value is -2.19. The van der Waals surface area contributed by atoms with E-state index in [0.29, 0.717) is 19.5 Å². The lowest BCUT2D eigenvalue weighted by Crippen LogP contribution is -2.23. The van der Waals surface area contributed by atoms with Gasteiger partial charge in [0, 0.05) is 6.54 Å². The first-order valence-corrected chi connectivity index (χ1v) is 7.45. The summed E-state index contributed by atoms with van der Waals surface area (Å²) in [6.45, 7) is 6.31. The van der Waals surface area contributed by atoms with Gasteiger partial charge in [-0.2, -0.15) is 13.2 Å². The standard InChI is InChI=1S/C8H13F3N2.C8H11N.CH2O2/c1-6(4-3-5-13-2)7(12)8(9,10)11;1-7-2-4-8(6-9)5-3-7;2-1-3/h12-13H,1,3-5H2,2H3;2-5H,6,9H2,1H3;1H,(H,2,3). The van der Waals surface area contributed by atoms with Crippen molar-refractivity contribution >= 4 is 12.2 Å². The first-order chi connectivity index (χ1) is 11.6. The maximum Gasteiger partial charge on any atom is 0.432 e. The largest absolute Gasteiger partial charge is 0.483 e. The van der Waals surface area contributed by atoms with E-state index in [1.54, 1.807) is 7.05 Å². The molecule has 5 nitrogen and oxygen atoms in total. The normalized spacial score (nSPS) is 9.84. The maximum absolute atomic E-state index is 11.9. The highest BCUT2D eigenvalue weighted by molar-refractivity contribution is 6.01. The number of nitrogens with two attached hydrogens (primary N) is 1. The molecule has 0 amide bonds. The van der Waals surface area contributed by atoms with Gasteiger partial charge in [-0.05, 0) is 44.5 Å². The number of allylic oxidation sites excluding steroid dienone is 1. The van der Waals surface area contributed by atoms with Crippen molar-refractivity contribution in [1.29, 1.82) is 5.41 Å². The number of nitrogens with one attached hydrogen (secondary N) is 2. The van der Waals surface area contributed by atoms with Crippen molar-refractivity contribution < 1.29 is 23.1 Å². The van der Waals surface area contributed by atoms with E-state index in [0.717, 1.165) is 0 Å². The fourth-order valence-corrected chi connectivity index (χ4v) is 1.53. The van der Waals surface area contributed by atoms with Gasteiger partial charge in [0.1, 0.15) is 5.71 Å². The molecule has 1 rings (SSSR count). The summed E-state index contributed by atoms with van der Waals surface area (Å²) in [7, 11) is 1.72. The summed E-state index contributed by atoms with van der Waals surface area (Å²) in [4.78, 5) is 8.36. The van der Waals surface area contributed by atoms with E-state index in [4.69, 9.17) is 21.0 Å². The van der Waals surface area contributed by atoms with Crippen LogP contribution in [0.15, 0.2) is 36.4 Å². The van der Waals surface area contributed by atoms with Crippen LogP contribution in [-0.4, -0.2) is 37.1 Å². The summed E-state index contributed by atoms with van der Waals surface area (Å²) < 4.78 is 35.7. The van der Waals surface area contributed by atoms with Crippen LogP contribution in [0.25, 0.3) is 0 Å². The van der Waals surface area contributed by atoms with Gasteiger partial charge in [0.15, 0.2) is 0 Å². The quantitative estimate of drug-likeness (QED) is 0.355. The molecule has 5 N–H and O–H groups in total. The lowest BCUT2D eigenvalue weighted by Gasteiger charge is -2.10. The van der Waals surface area contributed by atoms with Gasteiger partial charge in [-0.1, -0.05) is 36.4 Å². The molecule has 0 radical (unpaired) electrons. The number of rotatable bonds is 6. The minimum atomic E-state index is -4.56. The smallest absolute Gasteiger partial charge is 0.432 e. The number of hydrogen-bond acceptors (Lipinski definition) is 4. The van der Waals surface area contributed by atoms with Crippen LogP contribution in [0.2, 0.25) is 0 Å². The molecule has 0 fully saturated rings. The average molecular weight is 361 g/mol. The number of hydrogen-bond donors (Lipinski definition) is 4. The summed E-state index contributed by atoms with van der Waals surface area (Å²) in [5.74, 6) is 0. The highest BCUT2D eigenvalue weighted by Gasteiger charge is 2.35. The number of carboxylic acid groups (broad SMARTS) is 1. The first-order valence-electron chi connectivity index (χ1n) is 7.45. The topological polar surface area (TPSA) is 99.2 Å². The van der Waals surface area contributed by atoms with Crippen LogP contribution in [0.4, 0.5) is 13.2 Å². The van der Waals surface area contributed by atoms with E-state index in [1.807, 2.05) is 0 Å². The third kappa shape index (κ3) is 13.9. The number of halogens is 3. The molecule has 1 aromatic carbocycles. The third-order valence-electron chi connectivity index (χ3n) is 2.90. The third-order valence-corrected chi connectivity index (χ3v) is 2.90. The molecule has 25 heavy (non-hydrogen) atoms. The van der Waals surface area contributed by atoms with E-state index < -0.39 is 11.9 Å². The molecule has 8 heteroatoms. The van der Waals surface area contributed by atoms with E-state index in [9.17, 15) is 13.2 Å². The lowest BCUT2D eigenvalue weighted by molar-refractivity contribution is -0.122. The van der Waals surface area contributed by atoms with E-state index in [1.165, 1.54) is 11.1 Å². The zero-order chi connectivity index (χ0) is 19.9. The van der Waals surface area contributed by atoms with Crippen LogP contribution >= 0.6 is 0 Å². The molecule has 0 aliphatic rings. The van der Waals surface area contributed by atoms with Crippen LogP contribution in [0, 0.1) is 12.3 Å². The molecule has 0 spiro atoms. The summed E-state index contributed by atoms with van der Waals surface area (Å²) in [6.07, 6.45) is -3.79. The molecule has 0 saturated heterocycles. The monoisotopic (exact) mass is 361 g/mol. The van der Waals surface area contributed by atoms with E-state index in [2.05, 4.69) is 43.1 Å². The lowest BCUT2D eigenvalue weighted by atomic mass is 10.1. The number of alkyl halides is 3. The second-order valence-electron chi connectivity index (χ2n) is 4.98. The fraction of sp³-hybridized carbons (Fsp3) is 0.412. The van der Waals surface area contributed by atoms with Crippen molar-refractivity contribution in [2.24, 2.45) is 5.73 Å². The first kappa shape index (κ1) is 25.1. The van der Waals surface area contributed by atoms with Crippen molar-refractivity contribution in [2.75, 3.05) is 13.6 Å². The SMILES string of the molecule is C=C(CCCNC)C(=N)C(F)(F)F.Cc1ccc(CN)cc1.O=CO. The molecular formula is C17H26F3N3O2. The van der Waals surface area contributed by atoms with Crippen molar-refractivity contribution in [2.45, 2.75) is 32.5 Å². The minimum Gasteiger partial charge on any atom is -0.483 e. The van der Waals surface area contributed by atoms with Crippen LogP contribution in [0.5, 0.6) is 0 Å². The van der Waals surface area contributed by atoms with Crippen LogP contribution in [-0.2, 0) is 11.3 Å². The van der Waals surface area contributed by atoms with Gasteiger partial charge in [-0.3, -0.25) is 10.2 Å². The van der Waals surface area contributed by atoms with Gasteiger partial charge in [-0.15, -0.1) is 0 Å². The Morgan fingerprint density at radius 3 is 2.20 bits per heavy atom. The molecule has 0 atom stereocenters. The fourth-order valence-electron chi connectivity index (χ4n) is 1.53. The maximum atomic E-state index is 11.9. The van der Waals surface area contributed by atoms with Gasteiger partial charge >= 0.3 is 6.18 Å². The molecule has 0 aliphatic heterocycles. The number of benzene rings is 1. The zero-order valence-corrected chi connectivity index (χ0v) is 14.5. The van der Waals surface area contributed by atoms with Gasteiger partial charge in [0.2, 0.25) is 0 Å². The van der Waals surface area contributed by atoms with Gasteiger partial charge < -0.3 is 16.2 Å². The van der Waals surface area contributed by atoms with Gasteiger partial charge in [0.05, 0.1) is 0 Å². The van der Waals surface area contributed by atoms with E-state index >= 15 is 0 Å². The van der Waals surface area contributed by atoms with Gasteiger partial charge in [0.25, 0.3) is 6.47 Å². The molecule has 0 saturated carbocycles. The van der Waals surface area contributed by atoms with Crippen molar-refractivity contribution in [3.63, 3.8) is 0 Å². The second kappa shape index (κ2) is 14.2. The minimum absolute atomic E-state index is 0.150. The Morgan fingerprint density at radius 1 is 1.36 bits per heavy atom. The Morgan fingerprint density at radius 2 is 1.84 bits per heavy atom. The molecule has 0 bridgehead atoms. The number of carbonyl (C=O) groups is 1. The Kier molecular flexibility index (Phi) is 14.2. The zero-order valence-electron chi connectivity index (χ0n) is 14.5. The molecule has 1 aromatic rings. The molecule has 0 aromatic heterocycles. The highest BCUT2D eigenvalue weighted by atomic mass is 19.4. The summed E-state index contributed by atoms with van der Waals surface area (Å²) in [5.41, 5.74) is 6.41. The average Bonchev–Trinajstić information content (AvgIpc) is 2.55. The van der Waals surface area contributed by atoms with E-state index in [-0.39, 0.29) is 18.5 Å². The van der Waals surface area contributed by atoms with Crippen LogP contribution in [0.1, 0.15) is 24.0 Å². The van der Waals surface area contributed by atoms with Crippen molar-refractivity contribution in [3.05, 3.63) is 47.5 Å². The predicted octanol–water partition coefficient (Wildman–Crippen LogP) is 3.28. The van der Waals surface area contributed by atoms with Crippen molar-refractivity contribution in [3.8, 4) is 0 Å². The summed E-state index contributed by atoms with van der Waals surface area (Å²) in [5, 5.41) is 16.4. The molecule has 142 valence electrons. The Balaban J connectivity index is 0. The second-order valence-corrected chi connectivity index (χ2v) is 4.98. The Labute approximate surface area is 146 Å². The Bertz CT molecular complexity index is 515.